The third-order valence-electron chi connectivity index (χ3n) is 2.63. The number of sulfone groups is 1. The summed E-state index contributed by atoms with van der Waals surface area (Å²) in [6.07, 6.45) is 2.16. The average molecular weight is 283 g/mol. The lowest BCUT2D eigenvalue weighted by molar-refractivity contribution is 0.444. The molecule has 0 aromatic heterocycles. The van der Waals surface area contributed by atoms with Crippen molar-refractivity contribution in [1.82, 2.24) is 4.31 Å². The van der Waals surface area contributed by atoms with Crippen molar-refractivity contribution in [2.45, 2.75) is 18.9 Å². The minimum absolute atomic E-state index is 0.189. The Labute approximate surface area is 101 Å². The molecule has 0 amide bonds. The lowest BCUT2D eigenvalue weighted by atomic mass is 10.2. The molecule has 7 nitrogen and oxygen atoms in total. The molecule has 1 unspecified atom stereocenters. The van der Waals surface area contributed by atoms with E-state index in [4.69, 9.17) is 11.1 Å². The summed E-state index contributed by atoms with van der Waals surface area (Å²) >= 11 is 0. The van der Waals surface area contributed by atoms with Gasteiger partial charge in [-0.15, -0.1) is 0 Å². The highest BCUT2D eigenvalue weighted by molar-refractivity contribution is 7.93. The summed E-state index contributed by atoms with van der Waals surface area (Å²) in [5.74, 6) is -1.04. The predicted octanol–water partition coefficient (Wildman–Crippen LogP) is -1.24. The molecule has 0 spiro atoms. The molecule has 0 aromatic rings. The highest BCUT2D eigenvalue weighted by Crippen LogP contribution is 2.21. The van der Waals surface area contributed by atoms with E-state index in [0.29, 0.717) is 19.4 Å². The summed E-state index contributed by atoms with van der Waals surface area (Å²) in [4.78, 5) is 0. The Bertz CT molecular complexity index is 497. The van der Waals surface area contributed by atoms with Crippen molar-refractivity contribution in [1.29, 1.82) is 5.41 Å². The van der Waals surface area contributed by atoms with Crippen molar-refractivity contribution in [2.75, 3.05) is 24.3 Å². The molecule has 100 valence electrons. The first-order valence-electron chi connectivity index (χ1n) is 5.14. The molecule has 0 saturated carbocycles. The SMILES string of the molecule is CS(=O)(=O)CCS(=O)(=O)N1CCCC1C(=N)N. The first-order chi connectivity index (χ1) is 7.63. The molecule has 0 bridgehead atoms. The Hall–Kier alpha value is -0.670. The van der Waals surface area contributed by atoms with Crippen molar-refractivity contribution in [3.05, 3.63) is 0 Å². The van der Waals surface area contributed by atoms with Crippen LogP contribution in [0.2, 0.25) is 0 Å². The van der Waals surface area contributed by atoms with Gasteiger partial charge >= 0.3 is 0 Å². The second kappa shape index (κ2) is 4.91. The zero-order valence-electron chi connectivity index (χ0n) is 9.59. The van der Waals surface area contributed by atoms with Crippen LogP contribution in [0.1, 0.15) is 12.8 Å². The molecule has 9 heteroatoms. The van der Waals surface area contributed by atoms with Gasteiger partial charge in [-0.2, -0.15) is 4.31 Å². The summed E-state index contributed by atoms with van der Waals surface area (Å²) < 4.78 is 46.9. The predicted molar refractivity (Wildman–Crippen MR) is 65.1 cm³/mol. The van der Waals surface area contributed by atoms with Crippen LogP contribution in [0.5, 0.6) is 0 Å². The number of amidine groups is 1. The first kappa shape index (κ1) is 14.4. The molecule has 1 atom stereocenters. The molecule has 1 saturated heterocycles. The summed E-state index contributed by atoms with van der Waals surface area (Å²) in [6.45, 7) is 0.302. The molecule has 0 aliphatic carbocycles. The van der Waals surface area contributed by atoms with Crippen LogP contribution in [0.15, 0.2) is 0 Å². The zero-order valence-corrected chi connectivity index (χ0v) is 11.2. The second-order valence-electron chi connectivity index (χ2n) is 4.17. The number of sulfonamides is 1. The minimum Gasteiger partial charge on any atom is -0.386 e. The van der Waals surface area contributed by atoms with E-state index in [1.807, 2.05) is 0 Å². The number of nitrogens with zero attached hydrogens (tertiary/aromatic N) is 1. The van der Waals surface area contributed by atoms with Gasteiger partial charge < -0.3 is 5.73 Å². The molecule has 1 fully saturated rings. The van der Waals surface area contributed by atoms with Gasteiger partial charge in [0.2, 0.25) is 10.0 Å². The van der Waals surface area contributed by atoms with E-state index in [0.717, 1.165) is 10.6 Å². The Morgan fingerprint density at radius 1 is 1.35 bits per heavy atom. The summed E-state index contributed by atoms with van der Waals surface area (Å²) in [5, 5.41) is 7.31. The smallest absolute Gasteiger partial charge is 0.215 e. The molecule has 1 aliphatic rings. The van der Waals surface area contributed by atoms with Crippen LogP contribution in [0.3, 0.4) is 0 Å². The van der Waals surface area contributed by atoms with Crippen LogP contribution < -0.4 is 5.73 Å². The fourth-order valence-electron chi connectivity index (χ4n) is 1.76. The summed E-state index contributed by atoms with van der Waals surface area (Å²) in [5.41, 5.74) is 5.33. The van der Waals surface area contributed by atoms with E-state index in [-0.39, 0.29) is 5.84 Å². The number of hydrogen-bond acceptors (Lipinski definition) is 5. The van der Waals surface area contributed by atoms with E-state index in [9.17, 15) is 16.8 Å². The topological polar surface area (TPSA) is 121 Å². The lowest BCUT2D eigenvalue weighted by Gasteiger charge is -2.22. The standard InChI is InChI=1S/C8H17N3O4S2/c1-16(12,13)5-6-17(14,15)11-4-2-3-7(11)8(9)10/h7H,2-6H2,1H3,(H3,9,10). The second-order valence-corrected chi connectivity index (χ2v) is 8.47. The van der Waals surface area contributed by atoms with Crippen molar-refractivity contribution >= 4 is 25.7 Å². The largest absolute Gasteiger partial charge is 0.386 e. The Morgan fingerprint density at radius 2 is 1.94 bits per heavy atom. The molecule has 3 N–H and O–H groups in total. The first-order valence-corrected chi connectivity index (χ1v) is 8.81. The number of rotatable bonds is 5. The van der Waals surface area contributed by atoms with Crippen LogP contribution in [0, 0.1) is 5.41 Å². The molecular formula is C8H17N3O4S2. The van der Waals surface area contributed by atoms with E-state index in [2.05, 4.69) is 0 Å². The van der Waals surface area contributed by atoms with Crippen molar-refractivity contribution in [3.8, 4) is 0 Å². The highest BCUT2D eigenvalue weighted by Gasteiger charge is 2.36. The van der Waals surface area contributed by atoms with E-state index < -0.39 is 37.4 Å². The van der Waals surface area contributed by atoms with Gasteiger partial charge in [-0.25, -0.2) is 16.8 Å². The van der Waals surface area contributed by atoms with Crippen LogP contribution in [0.4, 0.5) is 0 Å². The maximum Gasteiger partial charge on any atom is 0.215 e. The minimum atomic E-state index is -3.65. The Balaban J connectivity index is 2.80. The fourth-order valence-corrected chi connectivity index (χ4v) is 5.06. The normalized spacial score (nSPS) is 22.8. The third-order valence-corrected chi connectivity index (χ3v) is 5.71. The van der Waals surface area contributed by atoms with Crippen LogP contribution >= 0.6 is 0 Å². The van der Waals surface area contributed by atoms with E-state index in [1.54, 1.807) is 0 Å². The Morgan fingerprint density at radius 3 is 2.41 bits per heavy atom. The molecule has 0 radical (unpaired) electrons. The summed E-state index contributed by atoms with van der Waals surface area (Å²) in [6, 6.07) is -0.612. The van der Waals surface area contributed by atoms with Gasteiger partial charge in [0.15, 0.2) is 0 Å². The van der Waals surface area contributed by atoms with Crippen molar-refractivity contribution in [3.63, 3.8) is 0 Å². The van der Waals surface area contributed by atoms with Gasteiger partial charge in [-0.05, 0) is 12.8 Å². The van der Waals surface area contributed by atoms with Crippen LogP contribution in [-0.4, -0.2) is 57.3 Å². The zero-order chi connectivity index (χ0) is 13.3. The highest BCUT2D eigenvalue weighted by atomic mass is 32.2. The molecule has 17 heavy (non-hydrogen) atoms. The fraction of sp³-hybridized carbons (Fsp3) is 0.875. The van der Waals surface area contributed by atoms with Crippen LogP contribution in [-0.2, 0) is 19.9 Å². The van der Waals surface area contributed by atoms with Crippen molar-refractivity contribution < 1.29 is 16.8 Å². The quantitative estimate of drug-likeness (QED) is 0.483. The summed E-state index contributed by atoms with van der Waals surface area (Å²) in [7, 11) is -6.97. The van der Waals surface area contributed by atoms with Gasteiger partial charge in [-0.3, -0.25) is 5.41 Å². The van der Waals surface area contributed by atoms with E-state index in [1.165, 1.54) is 0 Å². The Kier molecular flexibility index (Phi) is 4.15. The monoisotopic (exact) mass is 283 g/mol. The third kappa shape index (κ3) is 3.93. The number of nitrogens with two attached hydrogens (primary N) is 1. The molecular weight excluding hydrogens is 266 g/mol. The molecule has 1 heterocycles. The van der Waals surface area contributed by atoms with Gasteiger partial charge in [0.1, 0.15) is 15.7 Å². The molecule has 1 aliphatic heterocycles. The maximum atomic E-state index is 11.9. The maximum absolute atomic E-state index is 11.9. The van der Waals surface area contributed by atoms with Crippen molar-refractivity contribution in [2.24, 2.45) is 5.73 Å². The molecule has 1 rings (SSSR count). The van der Waals surface area contributed by atoms with E-state index >= 15 is 0 Å². The van der Waals surface area contributed by atoms with Gasteiger partial charge in [0, 0.05) is 12.8 Å². The molecule has 0 aromatic carbocycles. The lowest BCUT2D eigenvalue weighted by Crippen LogP contribution is -2.44. The van der Waals surface area contributed by atoms with Gasteiger partial charge in [0.05, 0.1) is 17.5 Å². The van der Waals surface area contributed by atoms with Crippen LogP contribution in [0.25, 0.3) is 0 Å². The number of nitrogens with one attached hydrogen (secondary N) is 1. The number of hydrogen-bond donors (Lipinski definition) is 2. The van der Waals surface area contributed by atoms with Gasteiger partial charge in [-0.1, -0.05) is 0 Å². The average Bonchev–Trinajstić information content (AvgIpc) is 2.62. The van der Waals surface area contributed by atoms with Gasteiger partial charge in [0.25, 0.3) is 0 Å².